The first kappa shape index (κ1) is 20.4. The van der Waals surface area contributed by atoms with Gasteiger partial charge < -0.3 is 10.6 Å². The first-order valence-electron chi connectivity index (χ1n) is 8.98. The lowest BCUT2D eigenvalue weighted by molar-refractivity contribution is -0.117. The van der Waals surface area contributed by atoms with Gasteiger partial charge in [0.25, 0.3) is 5.91 Å². The quantitative estimate of drug-likeness (QED) is 0.529. The van der Waals surface area contributed by atoms with Crippen LogP contribution in [-0.4, -0.2) is 28.7 Å². The molecule has 0 aromatic heterocycles. The molecular weight excluding hydrogens is 427 g/mol. The zero-order chi connectivity index (χ0) is 20.3. The number of hydrogen-bond acceptors (Lipinski definition) is 4. The Bertz CT molecular complexity index is 877. The Labute approximate surface area is 171 Å². The first-order chi connectivity index (χ1) is 13.3. The van der Waals surface area contributed by atoms with E-state index in [-0.39, 0.29) is 22.7 Å². The molecule has 3 atom stereocenters. The maximum absolute atomic E-state index is 13.3. The van der Waals surface area contributed by atoms with Crippen molar-refractivity contribution in [2.24, 2.45) is 5.92 Å². The van der Waals surface area contributed by atoms with Crippen LogP contribution in [0.2, 0.25) is 0 Å². The summed E-state index contributed by atoms with van der Waals surface area (Å²) in [5.41, 5.74) is 7.37. The molecule has 1 fully saturated rings. The molecule has 4 N–H and O–H groups in total. The van der Waals surface area contributed by atoms with Crippen molar-refractivity contribution >= 4 is 39.1 Å². The SMILES string of the molecule is CC(C)C1NNC(C(=O)Nc2cccc(C(=O)Nc3cccc(F)c3)c2)C1Br. The predicted molar refractivity (Wildman–Crippen MR) is 111 cm³/mol. The number of anilines is 2. The van der Waals surface area contributed by atoms with Crippen LogP contribution in [0.5, 0.6) is 0 Å². The molecule has 1 aliphatic heterocycles. The third-order valence-corrected chi connectivity index (χ3v) is 5.64. The fourth-order valence-electron chi connectivity index (χ4n) is 3.02. The van der Waals surface area contributed by atoms with Gasteiger partial charge in [0.1, 0.15) is 11.9 Å². The number of alkyl halides is 1. The standard InChI is InChI=1S/C20H22BrFN4O2/c1-11(2)17-16(21)18(26-25-17)20(28)24-14-7-3-5-12(9-14)19(27)23-15-8-4-6-13(22)10-15/h3-11,16-18,25-26H,1-2H3,(H,23,27)(H,24,28). The van der Waals surface area contributed by atoms with Crippen LogP contribution in [0.4, 0.5) is 15.8 Å². The third-order valence-electron chi connectivity index (χ3n) is 4.54. The summed E-state index contributed by atoms with van der Waals surface area (Å²) in [4.78, 5) is 25.0. The molecule has 0 radical (unpaired) electrons. The summed E-state index contributed by atoms with van der Waals surface area (Å²) < 4.78 is 13.3. The van der Waals surface area contributed by atoms with Crippen LogP contribution < -0.4 is 21.5 Å². The van der Waals surface area contributed by atoms with Crippen LogP contribution >= 0.6 is 15.9 Å². The van der Waals surface area contributed by atoms with E-state index in [0.717, 1.165) is 0 Å². The fourth-order valence-corrected chi connectivity index (χ4v) is 4.14. The second-order valence-corrected chi connectivity index (χ2v) is 8.07. The molecule has 0 spiro atoms. The van der Waals surface area contributed by atoms with E-state index in [9.17, 15) is 14.0 Å². The Kier molecular flexibility index (Phi) is 6.43. The molecule has 2 aromatic carbocycles. The summed E-state index contributed by atoms with van der Waals surface area (Å²) in [5.74, 6) is -0.675. The van der Waals surface area contributed by atoms with Crippen LogP contribution in [0.25, 0.3) is 0 Å². The molecule has 1 saturated heterocycles. The second kappa shape index (κ2) is 8.81. The van der Waals surface area contributed by atoms with Crippen molar-refractivity contribution in [3.05, 3.63) is 59.9 Å². The van der Waals surface area contributed by atoms with E-state index in [1.807, 2.05) is 0 Å². The number of benzene rings is 2. The molecule has 28 heavy (non-hydrogen) atoms. The summed E-state index contributed by atoms with van der Waals surface area (Å²) in [7, 11) is 0. The Balaban J connectivity index is 1.66. The molecule has 3 unspecified atom stereocenters. The maximum Gasteiger partial charge on any atom is 0.255 e. The number of carbonyl (C=O) groups is 2. The number of hydrazine groups is 1. The van der Waals surface area contributed by atoms with Crippen LogP contribution in [0, 0.1) is 11.7 Å². The van der Waals surface area contributed by atoms with Crippen molar-refractivity contribution in [2.45, 2.75) is 30.8 Å². The lowest BCUT2D eigenvalue weighted by Crippen LogP contribution is -2.42. The molecule has 2 amide bonds. The highest BCUT2D eigenvalue weighted by Gasteiger charge is 2.39. The molecule has 3 rings (SSSR count). The minimum Gasteiger partial charge on any atom is -0.325 e. The zero-order valence-corrected chi connectivity index (χ0v) is 17.1. The number of amides is 2. The van der Waals surface area contributed by atoms with Crippen molar-refractivity contribution in [1.82, 2.24) is 10.9 Å². The van der Waals surface area contributed by atoms with Gasteiger partial charge in [-0.3, -0.25) is 15.0 Å². The number of carbonyl (C=O) groups excluding carboxylic acids is 2. The minimum atomic E-state index is -0.447. The van der Waals surface area contributed by atoms with E-state index in [4.69, 9.17) is 0 Å². The van der Waals surface area contributed by atoms with Gasteiger partial charge in [0.2, 0.25) is 5.91 Å². The van der Waals surface area contributed by atoms with Gasteiger partial charge in [-0.15, -0.1) is 0 Å². The smallest absolute Gasteiger partial charge is 0.255 e. The van der Waals surface area contributed by atoms with Crippen LogP contribution in [0.15, 0.2) is 48.5 Å². The first-order valence-corrected chi connectivity index (χ1v) is 9.89. The Morgan fingerprint density at radius 1 is 1.04 bits per heavy atom. The number of halogens is 2. The molecule has 1 aliphatic rings. The monoisotopic (exact) mass is 448 g/mol. The van der Waals surface area contributed by atoms with Crippen molar-refractivity contribution in [1.29, 1.82) is 0 Å². The van der Waals surface area contributed by atoms with E-state index in [1.54, 1.807) is 30.3 Å². The van der Waals surface area contributed by atoms with Gasteiger partial charge in [0.15, 0.2) is 0 Å². The van der Waals surface area contributed by atoms with Crippen LogP contribution in [-0.2, 0) is 4.79 Å². The summed E-state index contributed by atoms with van der Waals surface area (Å²) in [6, 6.07) is 11.9. The van der Waals surface area contributed by atoms with Crippen molar-refractivity contribution in [2.75, 3.05) is 10.6 Å². The highest BCUT2D eigenvalue weighted by Crippen LogP contribution is 2.23. The van der Waals surface area contributed by atoms with Gasteiger partial charge in [0, 0.05) is 23.0 Å². The number of rotatable bonds is 5. The van der Waals surface area contributed by atoms with Crippen molar-refractivity contribution in [3.63, 3.8) is 0 Å². The zero-order valence-electron chi connectivity index (χ0n) is 15.5. The third kappa shape index (κ3) is 4.76. The average Bonchev–Trinajstić information content (AvgIpc) is 3.04. The summed E-state index contributed by atoms with van der Waals surface area (Å²) in [6.07, 6.45) is 0. The van der Waals surface area contributed by atoms with Gasteiger partial charge in [-0.05, 0) is 42.3 Å². The highest BCUT2D eigenvalue weighted by atomic mass is 79.9. The Morgan fingerprint density at radius 2 is 1.71 bits per heavy atom. The van der Waals surface area contributed by atoms with Gasteiger partial charge in [-0.1, -0.05) is 41.9 Å². The normalized spacial score (nSPS) is 21.5. The van der Waals surface area contributed by atoms with Crippen molar-refractivity contribution in [3.8, 4) is 0 Å². The van der Waals surface area contributed by atoms with E-state index in [1.165, 1.54) is 18.2 Å². The van der Waals surface area contributed by atoms with Gasteiger partial charge in [-0.25, -0.2) is 9.82 Å². The Hall–Kier alpha value is -2.29. The van der Waals surface area contributed by atoms with E-state index >= 15 is 0 Å². The molecule has 8 heteroatoms. The lowest BCUT2D eigenvalue weighted by atomic mass is 9.99. The molecule has 0 bridgehead atoms. The average molecular weight is 449 g/mol. The second-order valence-electron chi connectivity index (χ2n) is 7.02. The van der Waals surface area contributed by atoms with Gasteiger partial charge in [0.05, 0.1) is 4.83 Å². The van der Waals surface area contributed by atoms with Gasteiger partial charge in [-0.2, -0.15) is 0 Å². The van der Waals surface area contributed by atoms with E-state index in [2.05, 4.69) is 51.3 Å². The molecule has 2 aromatic rings. The van der Waals surface area contributed by atoms with E-state index in [0.29, 0.717) is 22.9 Å². The minimum absolute atomic E-state index is 0.0630. The molecule has 0 aliphatic carbocycles. The van der Waals surface area contributed by atoms with Crippen LogP contribution in [0.3, 0.4) is 0 Å². The molecular formula is C20H22BrFN4O2. The van der Waals surface area contributed by atoms with Crippen LogP contribution in [0.1, 0.15) is 24.2 Å². The highest BCUT2D eigenvalue weighted by molar-refractivity contribution is 9.09. The number of nitrogens with one attached hydrogen (secondary N) is 4. The Morgan fingerprint density at radius 3 is 2.36 bits per heavy atom. The molecule has 148 valence electrons. The van der Waals surface area contributed by atoms with Crippen molar-refractivity contribution < 1.29 is 14.0 Å². The summed E-state index contributed by atoms with van der Waals surface area (Å²) in [5, 5.41) is 5.47. The summed E-state index contributed by atoms with van der Waals surface area (Å²) >= 11 is 3.59. The predicted octanol–water partition coefficient (Wildman–Crippen LogP) is 3.28. The largest absolute Gasteiger partial charge is 0.325 e. The molecule has 1 heterocycles. The van der Waals surface area contributed by atoms with Gasteiger partial charge >= 0.3 is 0 Å². The lowest BCUT2D eigenvalue weighted by Gasteiger charge is -2.19. The fraction of sp³-hybridized carbons (Fsp3) is 0.300. The number of hydrogen-bond donors (Lipinski definition) is 4. The van der Waals surface area contributed by atoms with E-state index < -0.39 is 11.9 Å². The maximum atomic E-state index is 13.3. The molecule has 0 saturated carbocycles. The molecule has 6 nitrogen and oxygen atoms in total. The topological polar surface area (TPSA) is 82.3 Å². The summed E-state index contributed by atoms with van der Waals surface area (Å²) in [6.45, 7) is 4.16.